The minimum Gasteiger partial charge on any atom is -0.436 e. The second-order valence-corrected chi connectivity index (χ2v) is 18.6. The standard InChI is InChI=1S/C40H58N2O4/c1-24-15-17-35(5)20-21-36(6)27(31(35)25(24)2)13-14-30-37(36,7)18-16-29-34(3,4)19-22-40(45,38(29,30)8)33(44)46-39(32(41)43)23-42-28-12-10-9-11-26(28)39/h9-12,23-25,27,29-31,45H,13-22H2,1-8H3,(H2,41,43)/t24-,25+,27-,29+,30+,31+,35-,36-,37-,38+,39?,40?/m1/s1. The zero-order valence-corrected chi connectivity index (χ0v) is 29.6. The average molecular weight is 631 g/mol. The van der Waals surface area contributed by atoms with Crippen LogP contribution in [0.5, 0.6) is 0 Å². The van der Waals surface area contributed by atoms with Gasteiger partial charge in [-0.05, 0) is 127 Å². The highest BCUT2D eigenvalue weighted by Crippen LogP contribution is 2.78. The Morgan fingerprint density at radius 3 is 2.28 bits per heavy atom. The number of carbonyl (C=O) groups is 2. The van der Waals surface area contributed by atoms with Crippen molar-refractivity contribution >= 4 is 23.8 Å². The van der Waals surface area contributed by atoms with E-state index in [1.807, 2.05) is 6.07 Å². The van der Waals surface area contributed by atoms with Gasteiger partial charge in [0.25, 0.3) is 11.5 Å². The smallest absolute Gasteiger partial charge is 0.340 e. The summed E-state index contributed by atoms with van der Waals surface area (Å²) in [7, 11) is 0. The van der Waals surface area contributed by atoms with Gasteiger partial charge in [0.05, 0.1) is 11.9 Å². The summed E-state index contributed by atoms with van der Waals surface area (Å²) in [6, 6.07) is 7.15. The Balaban J connectivity index is 1.30. The SMILES string of the molecule is C[C@@H]1[C@H]2[C@H]3CC[C@@H]4[C@]5(C)[C@@H](CC[C@@]4(C)[C@]3(C)CC[C@@]2(C)CC[C@H]1C)C(C)(C)CCC5(O)C(=O)OC1(C(N)=O)C=Nc2ccccc21. The quantitative estimate of drug-likeness (QED) is 0.329. The zero-order chi connectivity index (χ0) is 33.3. The van der Waals surface area contributed by atoms with E-state index >= 15 is 0 Å². The van der Waals surface area contributed by atoms with Gasteiger partial charge in [-0.2, -0.15) is 0 Å². The van der Waals surface area contributed by atoms with Crippen LogP contribution in [0.2, 0.25) is 0 Å². The first-order valence-corrected chi connectivity index (χ1v) is 18.3. The van der Waals surface area contributed by atoms with Crippen LogP contribution in [0.4, 0.5) is 5.69 Å². The number of fused-ring (bicyclic) bond motifs is 8. The molecule has 1 heterocycles. The highest BCUT2D eigenvalue weighted by molar-refractivity contribution is 6.08. The Hall–Kier alpha value is -2.21. The third kappa shape index (κ3) is 3.83. The minimum absolute atomic E-state index is 0.0344. The van der Waals surface area contributed by atoms with Crippen molar-refractivity contribution in [2.24, 2.45) is 73.3 Å². The Morgan fingerprint density at radius 2 is 1.57 bits per heavy atom. The van der Waals surface area contributed by atoms with Gasteiger partial charge < -0.3 is 15.6 Å². The maximum Gasteiger partial charge on any atom is 0.340 e. The summed E-state index contributed by atoms with van der Waals surface area (Å²) in [4.78, 5) is 32.3. The highest BCUT2D eigenvalue weighted by atomic mass is 16.6. The van der Waals surface area contributed by atoms with Crippen LogP contribution in [-0.2, 0) is 19.9 Å². The molecule has 5 fully saturated rings. The van der Waals surface area contributed by atoms with Crippen molar-refractivity contribution in [3.63, 3.8) is 0 Å². The fourth-order valence-electron chi connectivity index (χ4n) is 13.7. The number of aliphatic hydroxyl groups is 1. The van der Waals surface area contributed by atoms with E-state index in [2.05, 4.69) is 60.4 Å². The summed E-state index contributed by atoms with van der Waals surface area (Å²) in [5.41, 5.74) is 3.14. The Bertz CT molecular complexity index is 1490. The number of esters is 1. The number of benzene rings is 1. The lowest BCUT2D eigenvalue weighted by atomic mass is 9.30. The molecular formula is C40H58N2O4. The molecule has 252 valence electrons. The first-order valence-electron chi connectivity index (χ1n) is 18.3. The summed E-state index contributed by atoms with van der Waals surface area (Å²) < 4.78 is 6.25. The van der Waals surface area contributed by atoms with Crippen molar-refractivity contribution < 1.29 is 19.4 Å². The second kappa shape index (κ2) is 9.92. The average Bonchev–Trinajstić information content (AvgIpc) is 3.37. The van der Waals surface area contributed by atoms with Crippen LogP contribution in [-0.4, -0.2) is 28.8 Å². The van der Waals surface area contributed by atoms with Gasteiger partial charge in [-0.25, -0.2) is 4.79 Å². The number of primary amides is 1. The van der Waals surface area contributed by atoms with Crippen LogP contribution in [0.25, 0.3) is 0 Å². The summed E-state index contributed by atoms with van der Waals surface area (Å²) in [6.07, 6.45) is 11.8. The predicted octanol–water partition coefficient (Wildman–Crippen LogP) is 8.11. The normalized spacial score (nSPS) is 50.3. The number of ether oxygens (including phenoxy) is 1. The molecule has 3 N–H and O–H groups in total. The molecule has 1 aromatic carbocycles. The van der Waals surface area contributed by atoms with Gasteiger partial charge in [0.1, 0.15) is 0 Å². The minimum atomic E-state index is -1.83. The van der Waals surface area contributed by atoms with Gasteiger partial charge >= 0.3 is 5.97 Å². The van der Waals surface area contributed by atoms with Crippen LogP contribution < -0.4 is 5.73 Å². The molecule has 0 radical (unpaired) electrons. The van der Waals surface area contributed by atoms with E-state index < -0.39 is 28.5 Å². The Labute approximate surface area is 276 Å². The first kappa shape index (κ1) is 32.3. The lowest BCUT2D eigenvalue weighted by Gasteiger charge is -2.75. The van der Waals surface area contributed by atoms with E-state index in [0.717, 1.165) is 31.6 Å². The lowest BCUT2D eigenvalue weighted by Crippen LogP contribution is -2.73. The van der Waals surface area contributed by atoms with Gasteiger partial charge in [0.15, 0.2) is 5.60 Å². The van der Waals surface area contributed by atoms with Crippen LogP contribution in [0.1, 0.15) is 125 Å². The van der Waals surface area contributed by atoms with Crippen molar-refractivity contribution in [2.45, 2.75) is 131 Å². The molecule has 0 saturated heterocycles. The number of hydrogen-bond donors (Lipinski definition) is 2. The largest absolute Gasteiger partial charge is 0.436 e. The van der Waals surface area contributed by atoms with E-state index in [9.17, 15) is 14.7 Å². The topological polar surface area (TPSA) is 102 Å². The van der Waals surface area contributed by atoms with Gasteiger partial charge in [-0.1, -0.05) is 73.6 Å². The summed E-state index contributed by atoms with van der Waals surface area (Å²) in [6.45, 7) is 19.6. The van der Waals surface area contributed by atoms with Crippen LogP contribution in [0, 0.1) is 62.6 Å². The molecule has 0 aromatic heterocycles. The van der Waals surface area contributed by atoms with E-state index in [1.54, 1.807) is 18.2 Å². The van der Waals surface area contributed by atoms with E-state index in [-0.39, 0.29) is 28.1 Å². The van der Waals surface area contributed by atoms with Crippen LogP contribution in [0.15, 0.2) is 29.3 Å². The molecule has 6 nitrogen and oxygen atoms in total. The van der Waals surface area contributed by atoms with Crippen molar-refractivity contribution in [2.75, 3.05) is 0 Å². The number of aliphatic imine (C=N–C) groups is 1. The van der Waals surface area contributed by atoms with Gasteiger partial charge in [0, 0.05) is 11.0 Å². The van der Waals surface area contributed by atoms with Crippen molar-refractivity contribution in [1.29, 1.82) is 0 Å². The Morgan fingerprint density at radius 1 is 0.848 bits per heavy atom. The molecule has 1 aliphatic heterocycles. The van der Waals surface area contributed by atoms with E-state index in [4.69, 9.17) is 10.5 Å². The van der Waals surface area contributed by atoms with Crippen molar-refractivity contribution in [3.8, 4) is 0 Å². The van der Waals surface area contributed by atoms with Gasteiger partial charge in [-0.3, -0.25) is 9.79 Å². The lowest BCUT2D eigenvalue weighted by molar-refractivity contribution is -0.293. The fourth-order valence-corrected chi connectivity index (χ4v) is 13.7. The van der Waals surface area contributed by atoms with E-state index in [1.165, 1.54) is 31.9 Å². The van der Waals surface area contributed by atoms with Crippen LogP contribution >= 0.6 is 0 Å². The summed E-state index contributed by atoms with van der Waals surface area (Å²) >= 11 is 0. The summed E-state index contributed by atoms with van der Waals surface area (Å²) in [5, 5.41) is 13.1. The number of hydrogen-bond acceptors (Lipinski definition) is 5. The monoisotopic (exact) mass is 630 g/mol. The van der Waals surface area contributed by atoms with Crippen molar-refractivity contribution in [1.82, 2.24) is 0 Å². The fraction of sp³-hybridized carbons (Fsp3) is 0.775. The predicted molar refractivity (Wildman–Crippen MR) is 181 cm³/mol. The third-order valence-electron chi connectivity index (χ3n) is 16.8. The molecular weight excluding hydrogens is 572 g/mol. The maximum absolute atomic E-state index is 14.8. The third-order valence-corrected chi connectivity index (χ3v) is 16.8. The molecule has 2 unspecified atom stereocenters. The molecule has 12 atom stereocenters. The number of para-hydroxylation sites is 1. The van der Waals surface area contributed by atoms with Gasteiger partial charge in [-0.15, -0.1) is 0 Å². The first-order chi connectivity index (χ1) is 21.4. The number of amides is 1. The molecule has 5 saturated carbocycles. The van der Waals surface area contributed by atoms with Crippen LogP contribution in [0.3, 0.4) is 0 Å². The maximum atomic E-state index is 14.8. The molecule has 6 heteroatoms. The summed E-state index contributed by atoms with van der Waals surface area (Å²) in [5.74, 6) is 1.58. The zero-order valence-electron chi connectivity index (χ0n) is 29.6. The molecule has 0 bridgehead atoms. The van der Waals surface area contributed by atoms with E-state index in [0.29, 0.717) is 47.3 Å². The number of nitrogens with zero attached hydrogens (tertiary/aromatic N) is 1. The number of nitrogens with two attached hydrogens (primary N) is 1. The highest BCUT2D eigenvalue weighted by Gasteiger charge is 2.75. The van der Waals surface area contributed by atoms with Crippen molar-refractivity contribution in [3.05, 3.63) is 29.8 Å². The molecule has 0 spiro atoms. The molecule has 7 rings (SSSR count). The molecule has 6 aliphatic rings. The molecule has 46 heavy (non-hydrogen) atoms. The molecule has 1 amide bonds. The molecule has 5 aliphatic carbocycles. The Kier molecular flexibility index (Phi) is 6.98. The second-order valence-electron chi connectivity index (χ2n) is 18.6. The van der Waals surface area contributed by atoms with Gasteiger partial charge in [0.2, 0.25) is 0 Å². The number of rotatable bonds is 3. The number of carbonyl (C=O) groups excluding carboxylic acids is 2. The molecule has 1 aromatic rings.